The van der Waals surface area contributed by atoms with Gasteiger partial charge in [0.2, 0.25) is 0 Å². The van der Waals surface area contributed by atoms with E-state index >= 15 is 0 Å². The van der Waals surface area contributed by atoms with E-state index in [9.17, 15) is 4.79 Å². The summed E-state index contributed by atoms with van der Waals surface area (Å²) in [5, 5.41) is 6.27. The molecular weight excluding hydrogens is 292 g/mol. The molecule has 0 aliphatic carbocycles. The van der Waals surface area contributed by atoms with Crippen LogP contribution in [0.5, 0.6) is 0 Å². The second-order valence-corrected chi connectivity index (χ2v) is 4.97. The predicted octanol–water partition coefficient (Wildman–Crippen LogP) is 3.30. The van der Waals surface area contributed by atoms with Crippen LogP contribution in [0.25, 0.3) is 0 Å². The van der Waals surface area contributed by atoms with Gasteiger partial charge >= 0.3 is 0 Å². The summed E-state index contributed by atoms with van der Waals surface area (Å²) in [6.07, 6.45) is -0.206. The molecule has 0 fully saturated rings. The third kappa shape index (κ3) is 1.88. The van der Waals surface area contributed by atoms with Gasteiger partial charge in [-0.15, -0.1) is 0 Å². The Morgan fingerprint density at radius 2 is 1.67 bits per heavy atom. The Morgan fingerprint density at radius 3 is 2.50 bits per heavy atom. The molecule has 1 aliphatic rings. The average Bonchev–Trinajstić information content (AvgIpc) is 2.39. The molecule has 1 atom stereocenters. The molecule has 90 valence electrons. The predicted molar refractivity (Wildman–Crippen MR) is 74.4 cm³/mol. The van der Waals surface area contributed by atoms with Crippen LogP contribution in [-0.4, -0.2) is 5.91 Å². The Morgan fingerprint density at radius 1 is 0.944 bits per heavy atom. The summed E-state index contributed by atoms with van der Waals surface area (Å²) in [7, 11) is 0. The molecule has 2 aromatic rings. The summed E-state index contributed by atoms with van der Waals surface area (Å²) < 4.78 is 0.974. The van der Waals surface area contributed by atoms with Crippen LogP contribution < -0.4 is 10.6 Å². The van der Waals surface area contributed by atoms with Gasteiger partial charge in [0.1, 0.15) is 6.17 Å². The van der Waals surface area contributed by atoms with E-state index < -0.39 is 0 Å². The maximum atomic E-state index is 12.0. The van der Waals surface area contributed by atoms with Gasteiger partial charge < -0.3 is 10.6 Å². The van der Waals surface area contributed by atoms with E-state index in [4.69, 9.17) is 0 Å². The SMILES string of the molecule is O=C1N[C@H](c2ccccc2Br)Nc2ccccc21. The number of hydrogen-bond donors (Lipinski definition) is 2. The molecule has 4 heteroatoms. The van der Waals surface area contributed by atoms with E-state index in [1.807, 2.05) is 48.5 Å². The van der Waals surface area contributed by atoms with Crippen molar-refractivity contribution in [3.63, 3.8) is 0 Å². The third-order valence-corrected chi connectivity index (χ3v) is 3.69. The number of fused-ring (bicyclic) bond motifs is 1. The minimum absolute atomic E-state index is 0.0508. The van der Waals surface area contributed by atoms with Gasteiger partial charge in [-0.1, -0.05) is 46.3 Å². The number of nitrogens with one attached hydrogen (secondary N) is 2. The van der Waals surface area contributed by atoms with Crippen LogP contribution >= 0.6 is 15.9 Å². The summed E-state index contributed by atoms with van der Waals surface area (Å²) >= 11 is 3.50. The molecule has 1 aliphatic heterocycles. The van der Waals surface area contributed by atoms with Gasteiger partial charge in [-0.3, -0.25) is 4.79 Å². The normalized spacial score (nSPS) is 17.6. The monoisotopic (exact) mass is 302 g/mol. The van der Waals surface area contributed by atoms with Gasteiger partial charge in [-0.2, -0.15) is 0 Å². The lowest BCUT2D eigenvalue weighted by Crippen LogP contribution is -2.38. The highest BCUT2D eigenvalue weighted by molar-refractivity contribution is 9.10. The standard InChI is InChI=1S/C14H11BrN2O/c15-11-7-3-1-5-9(11)13-16-12-8-4-2-6-10(12)14(18)17-13/h1-8,13,16H,(H,17,18)/t13-/m1/s1. The second-order valence-electron chi connectivity index (χ2n) is 4.12. The first kappa shape index (κ1) is 11.3. The second kappa shape index (κ2) is 4.46. The first-order chi connectivity index (χ1) is 8.75. The van der Waals surface area contributed by atoms with Crippen molar-refractivity contribution in [2.75, 3.05) is 5.32 Å². The summed E-state index contributed by atoms with van der Waals surface area (Å²) in [5.41, 5.74) is 2.56. The average molecular weight is 303 g/mol. The largest absolute Gasteiger partial charge is 0.361 e. The highest BCUT2D eigenvalue weighted by atomic mass is 79.9. The van der Waals surface area contributed by atoms with Crippen molar-refractivity contribution in [2.24, 2.45) is 0 Å². The number of carbonyl (C=O) groups excluding carboxylic acids is 1. The summed E-state index contributed by atoms with van der Waals surface area (Å²) in [5.74, 6) is -0.0508. The van der Waals surface area contributed by atoms with E-state index in [-0.39, 0.29) is 12.1 Å². The molecule has 3 rings (SSSR count). The molecule has 0 aromatic heterocycles. The molecule has 0 bridgehead atoms. The fourth-order valence-corrected chi connectivity index (χ4v) is 2.59. The maximum Gasteiger partial charge on any atom is 0.255 e. The van der Waals surface area contributed by atoms with Crippen LogP contribution in [0.3, 0.4) is 0 Å². The first-order valence-corrected chi connectivity index (χ1v) is 6.46. The lowest BCUT2D eigenvalue weighted by molar-refractivity contribution is 0.0935. The number of rotatable bonds is 1. The maximum absolute atomic E-state index is 12.0. The lowest BCUT2D eigenvalue weighted by Gasteiger charge is -2.28. The summed E-state index contributed by atoms with van der Waals surface area (Å²) in [4.78, 5) is 12.0. The van der Waals surface area contributed by atoms with Gasteiger partial charge in [0.25, 0.3) is 5.91 Å². The Bertz CT molecular complexity index is 612. The number of anilines is 1. The van der Waals surface area contributed by atoms with E-state index in [0.717, 1.165) is 15.7 Å². The first-order valence-electron chi connectivity index (χ1n) is 5.66. The van der Waals surface area contributed by atoms with E-state index in [1.54, 1.807) is 0 Å². The summed E-state index contributed by atoms with van der Waals surface area (Å²) in [6.45, 7) is 0. The van der Waals surface area contributed by atoms with Crippen molar-refractivity contribution in [1.29, 1.82) is 0 Å². The fourth-order valence-electron chi connectivity index (χ4n) is 2.07. The van der Waals surface area contributed by atoms with Gasteiger partial charge in [-0.25, -0.2) is 0 Å². The van der Waals surface area contributed by atoms with E-state index in [1.165, 1.54) is 0 Å². The van der Waals surface area contributed by atoms with Gasteiger partial charge in [0.15, 0.2) is 0 Å². The molecule has 3 nitrogen and oxygen atoms in total. The number of halogens is 1. The van der Waals surface area contributed by atoms with E-state index in [2.05, 4.69) is 26.6 Å². The Balaban J connectivity index is 2.00. The fraction of sp³-hybridized carbons (Fsp3) is 0.0714. The van der Waals surface area contributed by atoms with Gasteiger partial charge in [-0.05, 0) is 18.2 Å². The minimum atomic E-state index is -0.206. The highest BCUT2D eigenvalue weighted by Crippen LogP contribution is 2.29. The van der Waals surface area contributed by atoms with E-state index in [0.29, 0.717) is 5.56 Å². The zero-order valence-electron chi connectivity index (χ0n) is 9.48. The molecule has 0 saturated carbocycles. The molecular formula is C14H11BrN2O. The molecule has 0 radical (unpaired) electrons. The van der Waals surface area contributed by atoms with Gasteiger partial charge in [0.05, 0.1) is 5.56 Å². The number of benzene rings is 2. The lowest BCUT2D eigenvalue weighted by atomic mass is 10.1. The number of para-hydroxylation sites is 1. The van der Waals surface area contributed by atoms with Crippen LogP contribution in [0.15, 0.2) is 53.0 Å². The zero-order valence-corrected chi connectivity index (χ0v) is 11.1. The van der Waals surface area contributed by atoms with Crippen LogP contribution in [-0.2, 0) is 0 Å². The van der Waals surface area contributed by atoms with Crippen LogP contribution in [0, 0.1) is 0 Å². The molecule has 1 heterocycles. The minimum Gasteiger partial charge on any atom is -0.361 e. The third-order valence-electron chi connectivity index (χ3n) is 2.96. The van der Waals surface area contributed by atoms with Crippen LogP contribution in [0.1, 0.15) is 22.1 Å². The van der Waals surface area contributed by atoms with Crippen molar-refractivity contribution in [2.45, 2.75) is 6.17 Å². The Hall–Kier alpha value is -1.81. The quantitative estimate of drug-likeness (QED) is 0.848. The zero-order chi connectivity index (χ0) is 12.5. The van der Waals surface area contributed by atoms with Crippen LogP contribution in [0.4, 0.5) is 5.69 Å². The van der Waals surface area contributed by atoms with Gasteiger partial charge in [0, 0.05) is 15.7 Å². The molecule has 2 aromatic carbocycles. The van der Waals surface area contributed by atoms with Crippen molar-refractivity contribution in [3.05, 3.63) is 64.1 Å². The number of carbonyl (C=O) groups is 1. The van der Waals surface area contributed by atoms with Crippen LogP contribution in [0.2, 0.25) is 0 Å². The van der Waals surface area contributed by atoms with Crippen molar-refractivity contribution < 1.29 is 4.79 Å². The molecule has 0 unspecified atom stereocenters. The topological polar surface area (TPSA) is 41.1 Å². The van der Waals surface area contributed by atoms with Crippen molar-refractivity contribution >= 4 is 27.5 Å². The molecule has 1 amide bonds. The molecule has 0 saturated heterocycles. The molecule has 0 spiro atoms. The van der Waals surface area contributed by atoms with Crippen molar-refractivity contribution in [3.8, 4) is 0 Å². The van der Waals surface area contributed by atoms with Crippen molar-refractivity contribution in [1.82, 2.24) is 5.32 Å². The Labute approximate surface area is 113 Å². The summed E-state index contributed by atoms with van der Waals surface area (Å²) in [6, 6.07) is 15.4. The number of hydrogen-bond acceptors (Lipinski definition) is 2. The highest BCUT2D eigenvalue weighted by Gasteiger charge is 2.24. The number of amides is 1. The molecule has 18 heavy (non-hydrogen) atoms. The smallest absolute Gasteiger partial charge is 0.255 e. The Kier molecular flexibility index (Phi) is 2.80. The molecule has 2 N–H and O–H groups in total.